The van der Waals surface area contributed by atoms with Gasteiger partial charge in [-0.25, -0.2) is 0 Å². The van der Waals surface area contributed by atoms with E-state index < -0.39 is 48.4 Å². The molecule has 1 aliphatic rings. The largest absolute Gasteiger partial charge is 0.493 e. The van der Waals surface area contributed by atoms with Gasteiger partial charge in [-0.1, -0.05) is 37.6 Å². The predicted molar refractivity (Wildman–Crippen MR) is 141 cm³/mol. The topological polar surface area (TPSA) is 126 Å². The first kappa shape index (κ1) is 29.2. The molecule has 2 aromatic carbocycles. The van der Waals surface area contributed by atoms with E-state index in [9.17, 15) is 19.5 Å². The summed E-state index contributed by atoms with van der Waals surface area (Å²) in [7, 11) is 4.34. The van der Waals surface area contributed by atoms with E-state index in [0.717, 1.165) is 4.90 Å². The Balaban J connectivity index is 2.21. The van der Waals surface area contributed by atoms with E-state index in [1.807, 2.05) is 13.8 Å². The average molecular weight is 549 g/mol. The second-order valence-electron chi connectivity index (χ2n) is 9.89. The van der Waals surface area contributed by atoms with E-state index in [1.54, 1.807) is 36.4 Å². The number of aliphatic carboxylic acids is 1. The number of benzene rings is 2. The van der Waals surface area contributed by atoms with Gasteiger partial charge in [0.1, 0.15) is 18.8 Å². The third-order valence-corrected chi connectivity index (χ3v) is 6.53. The lowest BCUT2D eigenvalue weighted by molar-refractivity contribution is -0.147. The predicted octanol–water partition coefficient (Wildman–Crippen LogP) is 3.13. The Morgan fingerprint density at radius 2 is 1.87 bits per heavy atom. The SMILES string of the molecule is COc1cccc([C@H]2O[C@H](CC(=O)N(C)CC(=O)O)C(=O)N(CC(C)(C)CO)c3ccc(Cl)cc32)c1OC. The fourth-order valence-corrected chi connectivity index (χ4v) is 4.49. The van der Waals surface area contributed by atoms with Crippen molar-refractivity contribution >= 4 is 35.1 Å². The van der Waals surface area contributed by atoms with Crippen LogP contribution in [-0.4, -0.2) is 80.0 Å². The van der Waals surface area contributed by atoms with Crippen LogP contribution in [0.5, 0.6) is 11.5 Å². The Morgan fingerprint density at radius 3 is 2.47 bits per heavy atom. The second kappa shape index (κ2) is 12.0. The van der Waals surface area contributed by atoms with Gasteiger partial charge in [-0.2, -0.15) is 0 Å². The lowest BCUT2D eigenvalue weighted by Crippen LogP contribution is -2.47. The molecule has 0 aromatic heterocycles. The smallest absolute Gasteiger partial charge is 0.323 e. The van der Waals surface area contributed by atoms with Gasteiger partial charge in [0.05, 0.1) is 20.6 Å². The maximum absolute atomic E-state index is 14.0. The lowest BCUT2D eigenvalue weighted by Gasteiger charge is -2.32. The first-order valence-corrected chi connectivity index (χ1v) is 12.3. The highest BCUT2D eigenvalue weighted by atomic mass is 35.5. The molecule has 206 valence electrons. The summed E-state index contributed by atoms with van der Waals surface area (Å²) in [6.45, 7) is 3.02. The van der Waals surface area contributed by atoms with Gasteiger partial charge in [0.2, 0.25) is 5.91 Å². The minimum Gasteiger partial charge on any atom is -0.493 e. The van der Waals surface area contributed by atoms with Crippen molar-refractivity contribution in [2.45, 2.75) is 32.5 Å². The maximum atomic E-state index is 14.0. The Bertz CT molecular complexity index is 1200. The highest BCUT2D eigenvalue weighted by molar-refractivity contribution is 6.30. The molecule has 1 aliphatic heterocycles. The molecule has 2 N–H and O–H groups in total. The van der Waals surface area contributed by atoms with Gasteiger partial charge in [0.15, 0.2) is 11.5 Å². The Hall–Kier alpha value is -3.34. The number of nitrogens with zero attached hydrogens (tertiary/aromatic N) is 2. The van der Waals surface area contributed by atoms with Crippen LogP contribution in [0.3, 0.4) is 0 Å². The van der Waals surface area contributed by atoms with Crippen molar-refractivity contribution < 1.29 is 38.8 Å². The van der Waals surface area contributed by atoms with Crippen molar-refractivity contribution in [1.82, 2.24) is 4.90 Å². The molecule has 0 fully saturated rings. The number of ether oxygens (including phenoxy) is 3. The molecule has 0 radical (unpaired) electrons. The van der Waals surface area contributed by atoms with E-state index in [-0.39, 0.29) is 13.2 Å². The summed E-state index contributed by atoms with van der Waals surface area (Å²) in [5.74, 6) is -1.43. The molecule has 2 aromatic rings. The molecular weight excluding hydrogens is 516 g/mol. The first-order chi connectivity index (χ1) is 17.9. The summed E-state index contributed by atoms with van der Waals surface area (Å²) in [5.41, 5.74) is 0.918. The van der Waals surface area contributed by atoms with Gasteiger partial charge in [-0.05, 0) is 24.3 Å². The second-order valence-corrected chi connectivity index (χ2v) is 10.3. The summed E-state index contributed by atoms with van der Waals surface area (Å²) in [5, 5.41) is 19.5. The van der Waals surface area contributed by atoms with Crippen LogP contribution >= 0.6 is 11.6 Å². The number of fused-ring (bicyclic) bond motifs is 1. The standard InChI is InChI=1S/C27H33ClN2O8/c1-27(2,15-31)14-30-19-10-9-16(28)11-18(19)24(17-7-6-8-20(36-4)25(17)37-5)38-21(26(30)35)12-22(32)29(3)13-23(33)34/h6-11,21,24,31H,12-15H2,1-5H3,(H,33,34)/t21-,24-/m1/s1. The monoisotopic (exact) mass is 548 g/mol. The van der Waals surface area contributed by atoms with Crippen molar-refractivity contribution in [1.29, 1.82) is 0 Å². The van der Waals surface area contributed by atoms with E-state index >= 15 is 0 Å². The minimum absolute atomic E-state index is 0.123. The van der Waals surface area contributed by atoms with Gasteiger partial charge >= 0.3 is 5.97 Å². The number of halogens is 1. The molecule has 11 heteroatoms. The van der Waals surface area contributed by atoms with Crippen LogP contribution in [0.4, 0.5) is 5.69 Å². The van der Waals surface area contributed by atoms with Crippen molar-refractivity contribution in [3.63, 3.8) is 0 Å². The number of para-hydroxylation sites is 1. The molecule has 0 saturated carbocycles. The van der Waals surface area contributed by atoms with E-state index in [0.29, 0.717) is 33.3 Å². The third-order valence-electron chi connectivity index (χ3n) is 6.29. The van der Waals surface area contributed by atoms with Crippen molar-refractivity contribution in [2.75, 3.05) is 45.9 Å². The number of carbonyl (C=O) groups excluding carboxylic acids is 2. The number of hydrogen-bond acceptors (Lipinski definition) is 7. The number of carboxylic acids is 1. The summed E-state index contributed by atoms with van der Waals surface area (Å²) >= 11 is 6.40. The number of likely N-dealkylation sites (N-methyl/N-ethyl adjacent to an activating group) is 1. The zero-order valence-corrected chi connectivity index (χ0v) is 22.8. The number of methoxy groups -OCH3 is 2. The molecule has 0 saturated heterocycles. The highest BCUT2D eigenvalue weighted by Gasteiger charge is 2.41. The highest BCUT2D eigenvalue weighted by Crippen LogP contribution is 2.45. The van der Waals surface area contributed by atoms with Crippen LogP contribution in [0.1, 0.15) is 37.5 Å². The van der Waals surface area contributed by atoms with Crippen LogP contribution in [-0.2, 0) is 19.1 Å². The zero-order valence-electron chi connectivity index (χ0n) is 22.1. The fraction of sp³-hybridized carbons (Fsp3) is 0.444. The van der Waals surface area contributed by atoms with Crippen LogP contribution < -0.4 is 14.4 Å². The molecule has 2 amide bonds. The Kier molecular flexibility index (Phi) is 9.24. The number of amides is 2. The molecule has 0 bridgehead atoms. The van der Waals surface area contributed by atoms with Crippen LogP contribution in [0.25, 0.3) is 0 Å². The summed E-state index contributed by atoms with van der Waals surface area (Å²) < 4.78 is 17.5. The zero-order chi connectivity index (χ0) is 28.2. The summed E-state index contributed by atoms with van der Waals surface area (Å²) in [4.78, 5) is 40.6. The number of aliphatic hydroxyl groups is 1. The van der Waals surface area contributed by atoms with Gasteiger partial charge in [-0.15, -0.1) is 0 Å². The third kappa shape index (κ3) is 6.38. The Labute approximate surface area is 226 Å². The quantitative estimate of drug-likeness (QED) is 0.464. The normalized spacial score (nSPS) is 17.4. The van der Waals surface area contributed by atoms with Gasteiger partial charge < -0.3 is 34.2 Å². The van der Waals surface area contributed by atoms with Crippen molar-refractivity contribution in [3.05, 3.63) is 52.5 Å². The molecule has 0 aliphatic carbocycles. The molecule has 3 rings (SSSR count). The summed E-state index contributed by atoms with van der Waals surface area (Å²) in [6.07, 6.45) is -2.58. The fourth-order valence-electron chi connectivity index (χ4n) is 4.31. The number of hydrogen-bond donors (Lipinski definition) is 2. The lowest BCUT2D eigenvalue weighted by atomic mass is 9.92. The number of carbonyl (C=O) groups is 3. The van der Waals surface area contributed by atoms with E-state index in [1.165, 1.54) is 26.2 Å². The van der Waals surface area contributed by atoms with E-state index in [4.69, 9.17) is 30.9 Å². The van der Waals surface area contributed by atoms with Crippen LogP contribution in [0.15, 0.2) is 36.4 Å². The molecule has 2 atom stereocenters. The molecule has 38 heavy (non-hydrogen) atoms. The minimum atomic E-state index is -1.28. The number of anilines is 1. The molecular formula is C27H33ClN2O8. The first-order valence-electron chi connectivity index (χ1n) is 12.0. The van der Waals surface area contributed by atoms with Gasteiger partial charge in [-0.3, -0.25) is 14.4 Å². The van der Waals surface area contributed by atoms with Crippen molar-refractivity contribution in [2.24, 2.45) is 5.41 Å². The molecule has 1 heterocycles. The van der Waals surface area contributed by atoms with E-state index in [2.05, 4.69) is 0 Å². The number of aliphatic hydroxyl groups excluding tert-OH is 1. The van der Waals surface area contributed by atoms with Crippen molar-refractivity contribution in [3.8, 4) is 11.5 Å². The van der Waals surface area contributed by atoms with Gasteiger partial charge in [0, 0.05) is 47.5 Å². The van der Waals surface area contributed by atoms with Gasteiger partial charge in [0.25, 0.3) is 5.91 Å². The number of rotatable bonds is 10. The van der Waals surface area contributed by atoms with Crippen LogP contribution in [0.2, 0.25) is 5.02 Å². The molecule has 0 unspecified atom stereocenters. The maximum Gasteiger partial charge on any atom is 0.323 e. The Morgan fingerprint density at radius 1 is 1.16 bits per heavy atom. The summed E-state index contributed by atoms with van der Waals surface area (Å²) in [6, 6.07) is 10.3. The van der Waals surface area contributed by atoms with Crippen LogP contribution in [0, 0.1) is 5.41 Å². The number of carboxylic acid groups (broad SMARTS) is 1. The molecule has 0 spiro atoms. The average Bonchev–Trinajstić information content (AvgIpc) is 2.97. The molecule has 10 nitrogen and oxygen atoms in total.